The summed E-state index contributed by atoms with van der Waals surface area (Å²) in [5.74, 6) is 0. The van der Waals surface area contributed by atoms with Crippen molar-refractivity contribution in [1.29, 1.82) is 5.26 Å². The van der Waals surface area contributed by atoms with E-state index in [1.807, 2.05) is 6.07 Å². The fourth-order valence-electron chi connectivity index (χ4n) is 1.80. The van der Waals surface area contributed by atoms with Crippen LogP contribution < -0.4 is 5.43 Å². The molecular formula is C14H13N3O3S. The summed E-state index contributed by atoms with van der Waals surface area (Å²) in [4.78, 5) is 14.0. The minimum atomic E-state index is -3.86. The van der Waals surface area contributed by atoms with Gasteiger partial charge in [0.05, 0.1) is 11.6 Å². The number of nitriles is 1. The first kappa shape index (κ1) is 15.0. The lowest BCUT2D eigenvalue weighted by molar-refractivity contribution is 0.466. The second-order valence-electron chi connectivity index (χ2n) is 4.44. The number of aromatic nitrogens is 1. The maximum Gasteiger partial charge on any atom is 0.248 e. The molecule has 0 aliphatic heterocycles. The number of rotatable bonds is 4. The summed E-state index contributed by atoms with van der Waals surface area (Å²) < 4.78 is 25.8. The van der Waals surface area contributed by atoms with Crippen molar-refractivity contribution in [2.75, 3.05) is 7.05 Å². The second-order valence-corrected chi connectivity index (χ2v) is 6.46. The summed E-state index contributed by atoms with van der Waals surface area (Å²) >= 11 is 0. The van der Waals surface area contributed by atoms with Crippen LogP contribution in [0.1, 0.15) is 11.1 Å². The minimum Gasteiger partial charge on any atom is -0.366 e. The average Bonchev–Trinajstić information content (AvgIpc) is 2.48. The summed E-state index contributed by atoms with van der Waals surface area (Å²) in [6, 6.07) is 9.76. The van der Waals surface area contributed by atoms with E-state index >= 15 is 0 Å². The van der Waals surface area contributed by atoms with Crippen LogP contribution in [0.3, 0.4) is 0 Å². The largest absolute Gasteiger partial charge is 0.366 e. The van der Waals surface area contributed by atoms with E-state index in [2.05, 4.69) is 4.98 Å². The van der Waals surface area contributed by atoms with E-state index in [0.717, 1.165) is 9.87 Å². The van der Waals surface area contributed by atoms with Crippen molar-refractivity contribution in [3.05, 3.63) is 64.1 Å². The molecule has 1 heterocycles. The molecule has 1 aromatic heterocycles. The molecule has 1 aromatic carbocycles. The quantitative estimate of drug-likeness (QED) is 0.914. The standard InChI is InChI=1S/C14H13N3O3S/c1-17(10-12-4-2-11(8-15)3-5-12)21(19,20)14-9-16-7-6-13(14)18/h2-7,9H,10H2,1H3,(H,16,18). The summed E-state index contributed by atoms with van der Waals surface area (Å²) in [5.41, 5.74) is 0.677. The topological polar surface area (TPSA) is 94.0 Å². The van der Waals surface area contributed by atoms with Gasteiger partial charge in [-0.2, -0.15) is 9.57 Å². The third-order valence-corrected chi connectivity index (χ3v) is 4.79. The smallest absolute Gasteiger partial charge is 0.248 e. The first-order valence-electron chi connectivity index (χ1n) is 6.07. The van der Waals surface area contributed by atoms with Gasteiger partial charge in [-0.3, -0.25) is 4.79 Å². The second kappa shape index (κ2) is 5.91. The van der Waals surface area contributed by atoms with Crippen molar-refractivity contribution in [1.82, 2.24) is 9.29 Å². The molecule has 0 bridgehead atoms. The number of sulfonamides is 1. The van der Waals surface area contributed by atoms with Gasteiger partial charge in [0.25, 0.3) is 0 Å². The summed E-state index contributed by atoms with van der Waals surface area (Å²) in [6.07, 6.45) is 2.55. The highest BCUT2D eigenvalue weighted by Gasteiger charge is 2.23. The molecule has 0 amide bonds. The van der Waals surface area contributed by atoms with Crippen LogP contribution in [0.4, 0.5) is 0 Å². The van der Waals surface area contributed by atoms with E-state index in [4.69, 9.17) is 5.26 Å². The number of benzene rings is 1. The van der Waals surface area contributed by atoms with Crippen LogP contribution in [-0.4, -0.2) is 24.8 Å². The third kappa shape index (κ3) is 3.18. The zero-order chi connectivity index (χ0) is 15.5. The molecule has 1 N–H and O–H groups in total. The molecule has 0 radical (unpaired) electrons. The van der Waals surface area contributed by atoms with Crippen LogP contribution in [0.2, 0.25) is 0 Å². The molecule has 108 valence electrons. The third-order valence-electron chi connectivity index (χ3n) is 2.96. The van der Waals surface area contributed by atoms with Crippen LogP contribution >= 0.6 is 0 Å². The van der Waals surface area contributed by atoms with Crippen molar-refractivity contribution < 1.29 is 8.42 Å². The molecule has 6 nitrogen and oxygen atoms in total. The van der Waals surface area contributed by atoms with Gasteiger partial charge in [-0.1, -0.05) is 12.1 Å². The fourth-order valence-corrected chi connectivity index (χ4v) is 2.99. The lowest BCUT2D eigenvalue weighted by Gasteiger charge is -2.16. The first-order chi connectivity index (χ1) is 9.95. The average molecular weight is 303 g/mol. The van der Waals surface area contributed by atoms with Crippen molar-refractivity contribution in [3.63, 3.8) is 0 Å². The molecule has 0 saturated heterocycles. The molecule has 0 spiro atoms. The van der Waals surface area contributed by atoms with E-state index in [1.165, 1.54) is 25.5 Å². The molecule has 0 atom stereocenters. The van der Waals surface area contributed by atoms with Gasteiger partial charge in [-0.25, -0.2) is 8.42 Å². The minimum absolute atomic E-state index is 0.113. The molecule has 7 heteroatoms. The number of nitrogens with zero attached hydrogens (tertiary/aromatic N) is 2. The predicted octanol–water partition coefficient (Wildman–Crippen LogP) is 1.07. The number of aromatic amines is 1. The Morgan fingerprint density at radius 1 is 1.24 bits per heavy atom. The lowest BCUT2D eigenvalue weighted by atomic mass is 10.1. The Hall–Kier alpha value is -2.43. The van der Waals surface area contributed by atoms with Gasteiger partial charge < -0.3 is 4.98 Å². The maximum absolute atomic E-state index is 12.3. The molecule has 0 unspecified atom stereocenters. The van der Waals surface area contributed by atoms with E-state index in [0.29, 0.717) is 5.56 Å². The SMILES string of the molecule is CN(Cc1ccc(C#N)cc1)S(=O)(=O)c1c[nH]ccc1=O. The number of pyridine rings is 1. The highest BCUT2D eigenvalue weighted by molar-refractivity contribution is 7.89. The van der Waals surface area contributed by atoms with Gasteiger partial charge in [0, 0.05) is 32.1 Å². The zero-order valence-electron chi connectivity index (χ0n) is 11.3. The lowest BCUT2D eigenvalue weighted by Crippen LogP contribution is -2.30. The van der Waals surface area contributed by atoms with Gasteiger partial charge >= 0.3 is 0 Å². The molecular weight excluding hydrogens is 290 g/mol. The Balaban J connectivity index is 2.27. The Morgan fingerprint density at radius 2 is 1.90 bits per heavy atom. The van der Waals surface area contributed by atoms with Crippen molar-refractivity contribution in [3.8, 4) is 6.07 Å². The van der Waals surface area contributed by atoms with E-state index in [-0.39, 0.29) is 11.4 Å². The molecule has 2 aromatic rings. The Kier molecular flexibility index (Phi) is 4.21. The van der Waals surface area contributed by atoms with Crippen molar-refractivity contribution >= 4 is 10.0 Å². The first-order valence-corrected chi connectivity index (χ1v) is 7.51. The Morgan fingerprint density at radius 3 is 2.48 bits per heavy atom. The van der Waals surface area contributed by atoms with E-state index in [9.17, 15) is 13.2 Å². The number of nitrogens with one attached hydrogen (secondary N) is 1. The van der Waals surface area contributed by atoms with Gasteiger partial charge in [-0.15, -0.1) is 0 Å². The number of hydrogen-bond acceptors (Lipinski definition) is 4. The predicted molar refractivity (Wildman–Crippen MR) is 76.9 cm³/mol. The molecule has 0 fully saturated rings. The van der Waals surface area contributed by atoms with E-state index < -0.39 is 15.5 Å². The highest BCUT2D eigenvalue weighted by Crippen LogP contribution is 2.13. The Bertz CT molecular complexity index is 833. The van der Waals surface area contributed by atoms with Crippen LogP contribution in [0, 0.1) is 11.3 Å². The molecule has 21 heavy (non-hydrogen) atoms. The molecule has 2 rings (SSSR count). The summed E-state index contributed by atoms with van der Waals surface area (Å²) in [6.45, 7) is 0.113. The monoisotopic (exact) mass is 303 g/mol. The van der Waals surface area contributed by atoms with Crippen LogP contribution in [-0.2, 0) is 16.6 Å². The molecule has 0 aliphatic carbocycles. The van der Waals surface area contributed by atoms with Crippen molar-refractivity contribution in [2.45, 2.75) is 11.4 Å². The highest BCUT2D eigenvalue weighted by atomic mass is 32.2. The summed E-state index contributed by atoms with van der Waals surface area (Å²) in [7, 11) is -2.46. The number of H-pyrrole nitrogens is 1. The van der Waals surface area contributed by atoms with Gasteiger partial charge in [0.2, 0.25) is 15.5 Å². The van der Waals surface area contributed by atoms with Gasteiger partial charge in [-0.05, 0) is 17.7 Å². The van der Waals surface area contributed by atoms with Crippen molar-refractivity contribution in [2.24, 2.45) is 0 Å². The molecule has 0 aliphatic rings. The van der Waals surface area contributed by atoms with Gasteiger partial charge in [0.1, 0.15) is 4.90 Å². The normalized spacial score (nSPS) is 11.3. The maximum atomic E-state index is 12.3. The van der Waals surface area contributed by atoms with E-state index in [1.54, 1.807) is 24.3 Å². The zero-order valence-corrected chi connectivity index (χ0v) is 12.1. The van der Waals surface area contributed by atoms with Crippen LogP contribution in [0.5, 0.6) is 0 Å². The summed E-state index contributed by atoms with van der Waals surface area (Å²) in [5, 5.41) is 8.72. The molecule has 0 saturated carbocycles. The van der Waals surface area contributed by atoms with Crippen LogP contribution in [0.25, 0.3) is 0 Å². The fraction of sp³-hybridized carbons (Fsp3) is 0.143. The number of hydrogen-bond donors (Lipinski definition) is 1. The Labute approximate surface area is 122 Å². The van der Waals surface area contributed by atoms with Gasteiger partial charge in [0.15, 0.2) is 0 Å². The van der Waals surface area contributed by atoms with Crippen LogP contribution in [0.15, 0.2) is 52.4 Å².